The minimum Gasteiger partial charge on any atom is -0.308 e. The van der Waals surface area contributed by atoms with Crippen LogP contribution in [0.2, 0.25) is 0 Å². The number of hydrogen-bond donors (Lipinski definition) is 0. The molecular formula is C30H62O6P2. The van der Waals surface area contributed by atoms with Gasteiger partial charge in [-0.25, -0.2) is 0 Å². The first-order chi connectivity index (χ1) is 17.9. The molecule has 0 N–H and O–H groups in total. The van der Waals surface area contributed by atoms with Crippen LogP contribution in [0.3, 0.4) is 0 Å². The number of rotatable bonds is 22. The second-order valence-electron chi connectivity index (χ2n) is 12.4. The van der Waals surface area contributed by atoms with Crippen LogP contribution >= 0.6 is 15.2 Å². The minimum absolute atomic E-state index is 0.303. The summed E-state index contributed by atoms with van der Waals surface area (Å²) in [5.74, 6) is 0.942. The molecule has 1 fully saturated rings. The Morgan fingerprint density at radius 2 is 1.13 bits per heavy atom. The van der Waals surface area contributed by atoms with Crippen molar-refractivity contribution in [1.82, 2.24) is 0 Å². The molecule has 0 aromatic carbocycles. The van der Waals surface area contributed by atoms with Gasteiger partial charge in [-0.1, -0.05) is 99.3 Å². The SMILES string of the molecule is CCCCC(CC)COP1(=O)OC(C)(P(=O)(OCC(CC)CCCC)OCC(CC)CCCC)CC1(C)C. The Labute approximate surface area is 236 Å². The molecule has 1 aliphatic heterocycles. The molecule has 1 rings (SSSR count). The summed E-state index contributed by atoms with van der Waals surface area (Å²) < 4.78 is 54.0. The summed E-state index contributed by atoms with van der Waals surface area (Å²) in [5.41, 5.74) is 0. The Kier molecular flexibility index (Phi) is 16.5. The molecule has 0 aromatic heterocycles. The van der Waals surface area contributed by atoms with Gasteiger partial charge in [0.2, 0.25) is 0 Å². The van der Waals surface area contributed by atoms with Crippen LogP contribution in [0.5, 0.6) is 0 Å². The van der Waals surface area contributed by atoms with E-state index in [1.165, 1.54) is 0 Å². The van der Waals surface area contributed by atoms with Gasteiger partial charge in [-0.3, -0.25) is 13.7 Å². The van der Waals surface area contributed by atoms with Crippen molar-refractivity contribution in [3.05, 3.63) is 0 Å². The van der Waals surface area contributed by atoms with E-state index in [1.807, 2.05) is 13.8 Å². The highest BCUT2D eigenvalue weighted by atomic mass is 31.2. The molecule has 38 heavy (non-hydrogen) atoms. The Balaban J connectivity index is 3.19. The highest BCUT2D eigenvalue weighted by Crippen LogP contribution is 2.79. The van der Waals surface area contributed by atoms with Gasteiger partial charge in [-0.2, -0.15) is 0 Å². The fourth-order valence-corrected chi connectivity index (χ4v) is 10.3. The zero-order valence-electron chi connectivity index (χ0n) is 26.4. The predicted molar refractivity (Wildman–Crippen MR) is 161 cm³/mol. The summed E-state index contributed by atoms with van der Waals surface area (Å²) in [7, 11) is -7.35. The summed E-state index contributed by atoms with van der Waals surface area (Å²) >= 11 is 0. The largest absolute Gasteiger partial charge is 0.362 e. The number of hydrogen-bond acceptors (Lipinski definition) is 6. The topological polar surface area (TPSA) is 71.1 Å². The van der Waals surface area contributed by atoms with Gasteiger partial charge in [0.15, 0.2) is 5.34 Å². The normalized spacial score (nSPS) is 27.2. The van der Waals surface area contributed by atoms with Crippen LogP contribution in [0.4, 0.5) is 0 Å². The van der Waals surface area contributed by atoms with Gasteiger partial charge in [0, 0.05) is 6.42 Å². The molecule has 0 aliphatic carbocycles. The maximum absolute atomic E-state index is 14.7. The molecule has 1 heterocycles. The van der Waals surface area contributed by atoms with E-state index in [2.05, 4.69) is 41.5 Å². The van der Waals surface area contributed by atoms with Crippen molar-refractivity contribution in [3.63, 3.8) is 0 Å². The monoisotopic (exact) mass is 580 g/mol. The van der Waals surface area contributed by atoms with Gasteiger partial charge in [-0.15, -0.1) is 0 Å². The molecule has 0 amide bonds. The lowest BCUT2D eigenvalue weighted by molar-refractivity contribution is 0.0759. The lowest BCUT2D eigenvalue weighted by atomic mass is 10.0. The molecule has 0 bridgehead atoms. The maximum Gasteiger partial charge on any atom is 0.362 e. The van der Waals surface area contributed by atoms with Crippen LogP contribution < -0.4 is 0 Å². The summed E-state index contributed by atoms with van der Waals surface area (Å²) in [5, 5.41) is -2.10. The smallest absolute Gasteiger partial charge is 0.308 e. The van der Waals surface area contributed by atoms with Crippen LogP contribution in [-0.2, 0) is 27.2 Å². The Bertz CT molecular complexity index is 718. The number of unbranched alkanes of at least 4 members (excludes halogenated alkanes) is 3. The lowest BCUT2D eigenvalue weighted by Crippen LogP contribution is -2.30. The van der Waals surface area contributed by atoms with E-state index in [4.69, 9.17) is 18.1 Å². The molecule has 0 saturated carbocycles. The molecular weight excluding hydrogens is 518 g/mol. The van der Waals surface area contributed by atoms with Gasteiger partial charge in [0.1, 0.15) is 0 Å². The van der Waals surface area contributed by atoms with E-state index in [-0.39, 0.29) is 0 Å². The van der Waals surface area contributed by atoms with E-state index in [1.54, 1.807) is 6.92 Å². The molecule has 1 aliphatic rings. The van der Waals surface area contributed by atoms with Crippen LogP contribution in [0.15, 0.2) is 0 Å². The third kappa shape index (κ3) is 10.3. The van der Waals surface area contributed by atoms with Crippen molar-refractivity contribution in [2.75, 3.05) is 19.8 Å². The molecule has 5 unspecified atom stereocenters. The zero-order chi connectivity index (χ0) is 28.9. The molecule has 228 valence electrons. The molecule has 1 saturated heterocycles. The van der Waals surface area contributed by atoms with E-state index >= 15 is 0 Å². The molecule has 6 nitrogen and oxygen atoms in total. The highest BCUT2D eigenvalue weighted by Gasteiger charge is 2.66. The molecule has 0 spiro atoms. The average Bonchev–Trinajstić information content (AvgIpc) is 3.08. The van der Waals surface area contributed by atoms with Gasteiger partial charge in [0.25, 0.3) is 0 Å². The van der Waals surface area contributed by atoms with Crippen molar-refractivity contribution in [3.8, 4) is 0 Å². The summed E-state index contributed by atoms with van der Waals surface area (Å²) in [6.07, 6.45) is 13.0. The first kappa shape index (κ1) is 36.3. The van der Waals surface area contributed by atoms with E-state index in [0.29, 0.717) is 44.0 Å². The van der Waals surface area contributed by atoms with Crippen LogP contribution in [0.1, 0.15) is 146 Å². The standard InChI is InChI=1S/C30H62O6P2/c1-10-16-19-26(13-4)22-33-37(31)29(7,8)25-30(9,36-37)38(32,34-23-27(14-5)20-17-11-2)35-24-28(15-6)21-18-12-3/h26-28H,10-25H2,1-9H3. The summed E-state index contributed by atoms with van der Waals surface area (Å²) in [6, 6.07) is 0. The molecule has 8 heteroatoms. The first-order valence-corrected chi connectivity index (χ1v) is 18.8. The predicted octanol–water partition coefficient (Wildman–Crippen LogP) is 11.0. The third-order valence-electron chi connectivity index (χ3n) is 8.47. The fraction of sp³-hybridized carbons (Fsp3) is 1.00. The minimum atomic E-state index is -3.78. The average molecular weight is 581 g/mol. The third-order valence-corrected chi connectivity index (χ3v) is 13.8. The zero-order valence-corrected chi connectivity index (χ0v) is 28.2. The Morgan fingerprint density at radius 3 is 1.50 bits per heavy atom. The van der Waals surface area contributed by atoms with Crippen molar-refractivity contribution in [2.45, 2.75) is 156 Å². The van der Waals surface area contributed by atoms with Crippen molar-refractivity contribution in [2.24, 2.45) is 17.8 Å². The van der Waals surface area contributed by atoms with Gasteiger partial charge in [0.05, 0.1) is 25.0 Å². The molecule has 0 aromatic rings. The summed E-state index contributed by atoms with van der Waals surface area (Å²) in [4.78, 5) is 0. The van der Waals surface area contributed by atoms with Gasteiger partial charge in [-0.05, 0) is 57.8 Å². The highest BCUT2D eigenvalue weighted by molar-refractivity contribution is 7.60. The van der Waals surface area contributed by atoms with E-state index in [9.17, 15) is 9.13 Å². The fourth-order valence-electron chi connectivity index (χ4n) is 5.28. The second-order valence-corrected chi connectivity index (χ2v) is 17.5. The van der Waals surface area contributed by atoms with Crippen molar-refractivity contribution in [1.29, 1.82) is 0 Å². The first-order valence-electron chi connectivity index (χ1n) is 15.7. The molecule has 5 atom stereocenters. The van der Waals surface area contributed by atoms with E-state index < -0.39 is 25.7 Å². The van der Waals surface area contributed by atoms with Crippen LogP contribution in [-0.4, -0.2) is 30.3 Å². The van der Waals surface area contributed by atoms with Crippen molar-refractivity contribution >= 4 is 15.2 Å². The summed E-state index contributed by atoms with van der Waals surface area (Å²) in [6.45, 7) is 19.7. The second kappa shape index (κ2) is 17.3. The molecule has 0 radical (unpaired) electrons. The Morgan fingerprint density at radius 1 is 0.737 bits per heavy atom. The van der Waals surface area contributed by atoms with Crippen LogP contribution in [0, 0.1) is 17.8 Å². The van der Waals surface area contributed by atoms with Gasteiger partial charge < -0.3 is 13.6 Å². The van der Waals surface area contributed by atoms with Crippen LogP contribution in [0.25, 0.3) is 0 Å². The van der Waals surface area contributed by atoms with Gasteiger partial charge >= 0.3 is 15.2 Å². The quantitative estimate of drug-likeness (QED) is 0.119. The maximum atomic E-state index is 14.7. The van der Waals surface area contributed by atoms with Crippen molar-refractivity contribution < 1.29 is 27.2 Å². The lowest BCUT2D eigenvalue weighted by Gasteiger charge is -2.34. The Hall–Kier alpha value is 0.300. The van der Waals surface area contributed by atoms with E-state index in [0.717, 1.165) is 77.0 Å².